The molecule has 0 aliphatic heterocycles. The van der Waals surface area contributed by atoms with E-state index in [1.54, 1.807) is 31.2 Å². The van der Waals surface area contributed by atoms with E-state index in [1.165, 1.54) is 0 Å². The average Bonchev–Trinajstić information content (AvgIpc) is 3.22. The normalized spacial score (nSPS) is 17.1. The van der Waals surface area contributed by atoms with Crippen LogP contribution in [0.1, 0.15) is 19.8 Å². The van der Waals surface area contributed by atoms with Crippen molar-refractivity contribution in [1.82, 2.24) is 5.32 Å². The van der Waals surface area contributed by atoms with E-state index in [0.717, 1.165) is 12.8 Å². The SMILES string of the molecule is CC(C#N)(NC(=O)COc1ccc(N)cc1)C1CC1. The van der Waals surface area contributed by atoms with Gasteiger partial charge in [0.2, 0.25) is 0 Å². The fourth-order valence-electron chi connectivity index (χ4n) is 1.92. The minimum absolute atomic E-state index is 0.103. The van der Waals surface area contributed by atoms with Crippen molar-refractivity contribution in [2.24, 2.45) is 5.92 Å². The van der Waals surface area contributed by atoms with E-state index in [2.05, 4.69) is 11.4 Å². The van der Waals surface area contributed by atoms with E-state index in [1.807, 2.05) is 0 Å². The lowest BCUT2D eigenvalue weighted by Crippen LogP contribution is -2.48. The highest BCUT2D eigenvalue weighted by molar-refractivity contribution is 5.79. The molecule has 1 aliphatic carbocycles. The number of nitrogen functional groups attached to an aromatic ring is 1. The van der Waals surface area contributed by atoms with Gasteiger partial charge >= 0.3 is 0 Å². The van der Waals surface area contributed by atoms with Gasteiger partial charge in [-0.05, 0) is 49.9 Å². The second kappa shape index (κ2) is 5.19. The number of carbonyl (C=O) groups excluding carboxylic acids is 1. The molecule has 0 radical (unpaired) electrons. The number of nitrogens with two attached hydrogens (primary N) is 1. The Hall–Kier alpha value is -2.22. The van der Waals surface area contributed by atoms with E-state index in [0.29, 0.717) is 11.4 Å². The molecule has 1 saturated carbocycles. The first-order valence-corrected chi connectivity index (χ1v) is 6.24. The summed E-state index contributed by atoms with van der Waals surface area (Å²) in [7, 11) is 0. The summed E-state index contributed by atoms with van der Waals surface area (Å²) in [6, 6.07) is 8.99. The second-order valence-corrected chi connectivity index (χ2v) is 4.99. The number of rotatable bonds is 5. The van der Waals surface area contributed by atoms with E-state index in [9.17, 15) is 4.79 Å². The Morgan fingerprint density at radius 1 is 1.53 bits per heavy atom. The number of amides is 1. The molecule has 1 unspecified atom stereocenters. The number of carbonyl (C=O) groups is 1. The third kappa shape index (κ3) is 3.38. The zero-order valence-electron chi connectivity index (χ0n) is 10.8. The molecule has 1 amide bonds. The van der Waals surface area contributed by atoms with Crippen LogP contribution in [0.3, 0.4) is 0 Å². The molecule has 0 bridgehead atoms. The summed E-state index contributed by atoms with van der Waals surface area (Å²) in [4.78, 5) is 11.8. The van der Waals surface area contributed by atoms with Crippen molar-refractivity contribution in [3.05, 3.63) is 24.3 Å². The standard InChI is InChI=1S/C14H17N3O2/c1-14(9-15,10-2-3-10)17-13(18)8-19-12-6-4-11(16)5-7-12/h4-7,10H,2-3,8,16H2,1H3,(H,17,18). The Kier molecular flexibility index (Phi) is 3.61. The Morgan fingerprint density at radius 2 is 2.16 bits per heavy atom. The molecule has 3 N–H and O–H groups in total. The summed E-state index contributed by atoms with van der Waals surface area (Å²) >= 11 is 0. The molecule has 5 heteroatoms. The molecule has 0 aromatic heterocycles. The number of nitriles is 1. The first-order chi connectivity index (χ1) is 9.03. The summed E-state index contributed by atoms with van der Waals surface area (Å²) in [6.07, 6.45) is 1.98. The van der Waals surface area contributed by atoms with E-state index >= 15 is 0 Å². The summed E-state index contributed by atoms with van der Waals surface area (Å²) in [5, 5.41) is 11.9. The van der Waals surface area contributed by atoms with Crippen LogP contribution < -0.4 is 15.8 Å². The minimum Gasteiger partial charge on any atom is -0.484 e. The lowest BCUT2D eigenvalue weighted by atomic mass is 9.98. The van der Waals surface area contributed by atoms with Crippen LogP contribution in [0.4, 0.5) is 5.69 Å². The fourth-order valence-corrected chi connectivity index (χ4v) is 1.92. The van der Waals surface area contributed by atoms with Crippen LogP contribution in [-0.4, -0.2) is 18.1 Å². The molecular weight excluding hydrogens is 242 g/mol. The van der Waals surface area contributed by atoms with Crippen LogP contribution in [0.25, 0.3) is 0 Å². The summed E-state index contributed by atoms with van der Waals surface area (Å²) in [6.45, 7) is 1.65. The number of nitrogens with one attached hydrogen (secondary N) is 1. The first-order valence-electron chi connectivity index (χ1n) is 6.24. The maximum atomic E-state index is 11.8. The van der Waals surface area contributed by atoms with Crippen molar-refractivity contribution in [2.75, 3.05) is 12.3 Å². The summed E-state index contributed by atoms with van der Waals surface area (Å²) in [5.41, 5.74) is 5.42. The van der Waals surface area contributed by atoms with Crippen LogP contribution in [-0.2, 0) is 4.79 Å². The predicted molar refractivity (Wildman–Crippen MR) is 71.2 cm³/mol. The third-order valence-electron chi connectivity index (χ3n) is 3.28. The van der Waals surface area contributed by atoms with Crippen LogP contribution >= 0.6 is 0 Å². The Labute approximate surface area is 112 Å². The lowest BCUT2D eigenvalue weighted by Gasteiger charge is -2.22. The van der Waals surface area contributed by atoms with Gasteiger partial charge in [0.1, 0.15) is 11.3 Å². The zero-order chi connectivity index (χ0) is 13.9. The fraction of sp³-hybridized carbons (Fsp3) is 0.429. The number of anilines is 1. The van der Waals surface area contributed by atoms with E-state index < -0.39 is 5.54 Å². The smallest absolute Gasteiger partial charge is 0.259 e. The van der Waals surface area contributed by atoms with Crippen LogP contribution in [0.5, 0.6) is 5.75 Å². The topological polar surface area (TPSA) is 88.1 Å². The van der Waals surface area contributed by atoms with Crippen molar-refractivity contribution in [3.63, 3.8) is 0 Å². The molecule has 2 rings (SSSR count). The van der Waals surface area contributed by atoms with Gasteiger partial charge in [0.15, 0.2) is 6.61 Å². The molecule has 1 fully saturated rings. The van der Waals surface area contributed by atoms with Crippen molar-refractivity contribution in [1.29, 1.82) is 5.26 Å². The number of ether oxygens (including phenoxy) is 1. The Balaban J connectivity index is 1.84. The van der Waals surface area contributed by atoms with Gasteiger partial charge in [0.05, 0.1) is 6.07 Å². The van der Waals surface area contributed by atoms with Crippen LogP contribution in [0.15, 0.2) is 24.3 Å². The highest BCUT2D eigenvalue weighted by atomic mass is 16.5. The third-order valence-corrected chi connectivity index (χ3v) is 3.28. The number of benzene rings is 1. The molecule has 1 atom stereocenters. The quantitative estimate of drug-likeness (QED) is 0.783. The highest BCUT2D eigenvalue weighted by Gasteiger charge is 2.43. The summed E-state index contributed by atoms with van der Waals surface area (Å²) in [5.74, 6) is 0.556. The largest absolute Gasteiger partial charge is 0.484 e. The van der Waals surface area contributed by atoms with Crippen LogP contribution in [0, 0.1) is 17.2 Å². The summed E-state index contributed by atoms with van der Waals surface area (Å²) < 4.78 is 5.34. The maximum absolute atomic E-state index is 11.8. The Morgan fingerprint density at radius 3 is 2.68 bits per heavy atom. The van der Waals surface area contributed by atoms with E-state index in [4.69, 9.17) is 15.7 Å². The minimum atomic E-state index is -0.776. The van der Waals surface area contributed by atoms with Gasteiger partial charge in [0, 0.05) is 5.69 Å². The van der Waals surface area contributed by atoms with Gasteiger partial charge < -0.3 is 15.8 Å². The van der Waals surface area contributed by atoms with Gasteiger partial charge in [-0.15, -0.1) is 0 Å². The molecule has 0 saturated heterocycles. The molecule has 0 heterocycles. The number of hydrogen-bond acceptors (Lipinski definition) is 4. The van der Waals surface area contributed by atoms with Gasteiger partial charge in [-0.25, -0.2) is 0 Å². The molecule has 1 aromatic rings. The molecule has 5 nitrogen and oxygen atoms in total. The molecule has 100 valence electrons. The molecule has 0 spiro atoms. The zero-order valence-corrected chi connectivity index (χ0v) is 10.8. The molecule has 1 aliphatic rings. The van der Waals surface area contributed by atoms with Crippen molar-refractivity contribution in [3.8, 4) is 11.8 Å². The molecular formula is C14H17N3O2. The maximum Gasteiger partial charge on any atom is 0.259 e. The lowest BCUT2D eigenvalue weighted by molar-refractivity contribution is -0.124. The first kappa shape index (κ1) is 13.2. The Bertz CT molecular complexity index is 502. The van der Waals surface area contributed by atoms with Crippen molar-refractivity contribution < 1.29 is 9.53 Å². The second-order valence-electron chi connectivity index (χ2n) is 4.99. The van der Waals surface area contributed by atoms with Crippen LogP contribution in [0.2, 0.25) is 0 Å². The predicted octanol–water partition coefficient (Wildman–Crippen LogP) is 1.46. The van der Waals surface area contributed by atoms with Gasteiger partial charge in [-0.3, -0.25) is 4.79 Å². The monoisotopic (exact) mass is 259 g/mol. The molecule has 1 aromatic carbocycles. The average molecular weight is 259 g/mol. The van der Waals surface area contributed by atoms with E-state index in [-0.39, 0.29) is 18.4 Å². The highest BCUT2D eigenvalue weighted by Crippen LogP contribution is 2.39. The van der Waals surface area contributed by atoms with Gasteiger partial charge in [-0.1, -0.05) is 0 Å². The van der Waals surface area contributed by atoms with Gasteiger partial charge in [-0.2, -0.15) is 5.26 Å². The van der Waals surface area contributed by atoms with Crippen molar-refractivity contribution in [2.45, 2.75) is 25.3 Å². The van der Waals surface area contributed by atoms with Gasteiger partial charge in [0.25, 0.3) is 5.91 Å². The molecule has 19 heavy (non-hydrogen) atoms. The van der Waals surface area contributed by atoms with Crippen molar-refractivity contribution >= 4 is 11.6 Å². The number of nitrogens with zero attached hydrogens (tertiary/aromatic N) is 1. The number of hydrogen-bond donors (Lipinski definition) is 2.